The molecule has 0 fully saturated rings. The van der Waals surface area contributed by atoms with Gasteiger partial charge in [0.2, 0.25) is 0 Å². The van der Waals surface area contributed by atoms with E-state index in [1.54, 1.807) is 54.0 Å². The highest BCUT2D eigenvalue weighted by molar-refractivity contribution is 7.17. The van der Waals surface area contributed by atoms with Crippen LogP contribution in [-0.4, -0.2) is 27.4 Å². The van der Waals surface area contributed by atoms with E-state index in [0.717, 1.165) is 16.9 Å². The minimum absolute atomic E-state index is 0.0115. The number of nitrogens with two attached hydrogens (primary N) is 1. The summed E-state index contributed by atoms with van der Waals surface area (Å²) in [5, 5.41) is 12.6. The normalized spacial score (nSPS) is 12.5. The molecule has 3 heterocycles. The van der Waals surface area contributed by atoms with Crippen LogP contribution >= 0.6 is 11.3 Å². The summed E-state index contributed by atoms with van der Waals surface area (Å²) in [6.07, 6.45) is 2.52. The van der Waals surface area contributed by atoms with E-state index in [-0.39, 0.29) is 21.9 Å². The van der Waals surface area contributed by atoms with Gasteiger partial charge in [-0.15, -0.1) is 11.3 Å². The Labute approximate surface area is 222 Å². The Morgan fingerprint density at radius 1 is 1.21 bits per heavy atom. The molecular weight excluding hydrogens is 512 g/mol. The maximum Gasteiger partial charge on any atom is 0.387 e. The number of pyridine rings is 1. The van der Waals surface area contributed by atoms with E-state index in [1.165, 1.54) is 0 Å². The summed E-state index contributed by atoms with van der Waals surface area (Å²) in [6.45, 7) is 5.15. The van der Waals surface area contributed by atoms with Gasteiger partial charge >= 0.3 is 6.61 Å². The average Bonchev–Trinajstić information content (AvgIpc) is 3.45. The number of imidazole rings is 1. The van der Waals surface area contributed by atoms with Gasteiger partial charge in [0.25, 0.3) is 5.91 Å². The molecule has 0 spiro atoms. The fraction of sp³-hybridized carbons (Fsp3) is 0.296. The molecule has 198 valence electrons. The first-order valence-electron chi connectivity index (χ1n) is 11.8. The third kappa shape index (κ3) is 6.10. The second kappa shape index (κ2) is 10.8. The summed E-state index contributed by atoms with van der Waals surface area (Å²) >= 11 is 1.11. The number of nitrogens with one attached hydrogen (secondary N) is 1. The van der Waals surface area contributed by atoms with Gasteiger partial charge in [-0.1, -0.05) is 12.1 Å². The molecule has 0 unspecified atom stereocenters. The zero-order valence-corrected chi connectivity index (χ0v) is 22.1. The van der Waals surface area contributed by atoms with Crippen molar-refractivity contribution < 1.29 is 23.0 Å². The van der Waals surface area contributed by atoms with Gasteiger partial charge in [0.1, 0.15) is 34.2 Å². The summed E-state index contributed by atoms with van der Waals surface area (Å²) < 4.78 is 39.1. The number of fused-ring (bicyclic) bond motifs is 1. The van der Waals surface area contributed by atoms with E-state index in [0.29, 0.717) is 33.9 Å². The number of amides is 1. The van der Waals surface area contributed by atoms with Crippen LogP contribution < -0.4 is 20.5 Å². The molecule has 0 aliphatic heterocycles. The van der Waals surface area contributed by atoms with Gasteiger partial charge in [-0.25, -0.2) is 4.98 Å². The summed E-state index contributed by atoms with van der Waals surface area (Å²) in [5.74, 6) is -0.497. The van der Waals surface area contributed by atoms with Crippen LogP contribution in [0, 0.1) is 11.3 Å². The number of hydrogen-bond donors (Lipinski definition) is 2. The topological polar surface area (TPSA) is 115 Å². The first kappa shape index (κ1) is 27.0. The minimum Gasteiger partial charge on any atom is -0.484 e. The van der Waals surface area contributed by atoms with Crippen molar-refractivity contribution in [1.29, 1.82) is 5.26 Å². The molecule has 0 saturated carbocycles. The number of thiophene rings is 1. The minimum atomic E-state index is -3.02. The lowest BCUT2D eigenvalue weighted by molar-refractivity contribution is -0.0513. The highest BCUT2D eigenvalue weighted by Gasteiger charge is 2.23. The molecule has 4 rings (SSSR count). The quantitative estimate of drug-likeness (QED) is 0.284. The van der Waals surface area contributed by atoms with Crippen LogP contribution in [0.5, 0.6) is 11.5 Å². The molecule has 0 saturated heterocycles. The van der Waals surface area contributed by atoms with Gasteiger partial charge in [-0.2, -0.15) is 14.0 Å². The van der Waals surface area contributed by atoms with Gasteiger partial charge in [-0.05, 0) is 51.5 Å². The molecule has 3 aromatic heterocycles. The Balaban J connectivity index is 1.66. The molecule has 1 amide bonds. The number of alkyl halides is 2. The Morgan fingerprint density at radius 3 is 2.63 bits per heavy atom. The number of hydrogen-bond acceptors (Lipinski definition) is 7. The lowest BCUT2D eigenvalue weighted by Gasteiger charge is -2.22. The van der Waals surface area contributed by atoms with Crippen molar-refractivity contribution in [1.82, 2.24) is 14.7 Å². The van der Waals surface area contributed by atoms with Gasteiger partial charge < -0.3 is 20.5 Å². The Morgan fingerprint density at radius 2 is 1.97 bits per heavy atom. The van der Waals surface area contributed by atoms with Gasteiger partial charge in [0, 0.05) is 29.9 Å². The molecule has 1 aromatic carbocycles. The van der Waals surface area contributed by atoms with Crippen LogP contribution in [0.1, 0.15) is 60.2 Å². The summed E-state index contributed by atoms with van der Waals surface area (Å²) in [7, 11) is 0. The second-order valence-electron chi connectivity index (χ2n) is 9.68. The first-order chi connectivity index (χ1) is 17.9. The number of aromatic nitrogens is 2. The number of rotatable bonds is 9. The third-order valence-corrected chi connectivity index (χ3v) is 6.82. The van der Waals surface area contributed by atoms with Gasteiger partial charge in [-0.3, -0.25) is 9.20 Å². The standard InChI is InChI=1S/C27H27F2N5O3S/c1-15(18-7-5-16(12-33-27(2,3)4)9-20(18)37-26(28)29)36-21-10-22(38-24(21)25(31)35)19-13-32-23-8-6-17(11-30)14-34(19)23/h5-10,13-15,26,33H,12H2,1-4H3,(H2,31,35)/t15-/m1/s1. The third-order valence-electron chi connectivity index (χ3n) is 5.67. The van der Waals surface area contributed by atoms with E-state index >= 15 is 0 Å². The van der Waals surface area contributed by atoms with Gasteiger partial charge in [0.05, 0.1) is 22.3 Å². The van der Waals surface area contributed by atoms with E-state index in [1.807, 2.05) is 26.8 Å². The van der Waals surface area contributed by atoms with Crippen molar-refractivity contribution in [2.45, 2.75) is 52.5 Å². The number of nitriles is 1. The predicted molar refractivity (Wildman–Crippen MR) is 140 cm³/mol. The van der Waals surface area contributed by atoms with E-state index in [9.17, 15) is 18.8 Å². The van der Waals surface area contributed by atoms with Crippen LogP contribution in [0.4, 0.5) is 8.78 Å². The van der Waals surface area contributed by atoms with Crippen molar-refractivity contribution in [3.8, 4) is 28.1 Å². The largest absolute Gasteiger partial charge is 0.484 e. The molecule has 4 aromatic rings. The van der Waals surface area contributed by atoms with E-state index in [2.05, 4.69) is 16.4 Å². The van der Waals surface area contributed by atoms with Crippen molar-refractivity contribution in [2.24, 2.45) is 5.73 Å². The summed E-state index contributed by atoms with van der Waals surface area (Å²) in [5.41, 5.74) is 8.35. The lowest BCUT2D eigenvalue weighted by atomic mass is 10.0. The van der Waals surface area contributed by atoms with Crippen molar-refractivity contribution >= 4 is 22.9 Å². The number of carbonyl (C=O) groups excluding carboxylic acids is 1. The Kier molecular flexibility index (Phi) is 7.66. The second-order valence-corrected chi connectivity index (χ2v) is 10.7. The molecule has 8 nitrogen and oxygen atoms in total. The highest BCUT2D eigenvalue weighted by Crippen LogP contribution is 2.39. The molecule has 0 aliphatic rings. The summed E-state index contributed by atoms with van der Waals surface area (Å²) in [6, 6.07) is 12.2. The molecule has 3 N–H and O–H groups in total. The molecule has 38 heavy (non-hydrogen) atoms. The first-order valence-corrected chi connectivity index (χ1v) is 12.6. The van der Waals surface area contributed by atoms with E-state index in [4.69, 9.17) is 15.2 Å². The maximum absolute atomic E-state index is 13.2. The zero-order valence-electron chi connectivity index (χ0n) is 21.3. The fourth-order valence-corrected chi connectivity index (χ4v) is 4.78. The van der Waals surface area contributed by atoms with Crippen LogP contribution in [0.15, 0.2) is 48.8 Å². The number of halogens is 2. The number of carbonyl (C=O) groups is 1. The highest BCUT2D eigenvalue weighted by atomic mass is 32.1. The molecular formula is C27H27F2N5O3S. The summed E-state index contributed by atoms with van der Waals surface area (Å²) in [4.78, 5) is 17.4. The van der Waals surface area contributed by atoms with Crippen LogP contribution in [-0.2, 0) is 6.54 Å². The number of nitrogens with zero attached hydrogens (tertiary/aromatic N) is 3. The monoisotopic (exact) mass is 539 g/mol. The van der Waals surface area contributed by atoms with E-state index < -0.39 is 18.6 Å². The Hall–Kier alpha value is -4.01. The smallest absolute Gasteiger partial charge is 0.387 e. The van der Waals surface area contributed by atoms with Crippen LogP contribution in [0.2, 0.25) is 0 Å². The number of ether oxygens (including phenoxy) is 2. The molecule has 0 radical (unpaired) electrons. The van der Waals surface area contributed by atoms with Crippen molar-refractivity contribution in [2.75, 3.05) is 0 Å². The number of benzene rings is 1. The molecule has 0 aliphatic carbocycles. The van der Waals surface area contributed by atoms with Crippen molar-refractivity contribution in [3.63, 3.8) is 0 Å². The SMILES string of the molecule is C[C@@H](Oc1cc(-c2cnc3ccc(C#N)cn23)sc1C(N)=O)c1ccc(CNC(C)(C)C)cc1OC(F)F. The maximum atomic E-state index is 13.2. The lowest BCUT2D eigenvalue weighted by Crippen LogP contribution is -2.35. The molecule has 11 heteroatoms. The van der Waals surface area contributed by atoms with Crippen molar-refractivity contribution in [3.05, 3.63) is 70.4 Å². The van der Waals surface area contributed by atoms with Gasteiger partial charge in [0.15, 0.2) is 0 Å². The molecule has 1 atom stereocenters. The van der Waals surface area contributed by atoms with Crippen LogP contribution in [0.25, 0.3) is 16.2 Å². The fourth-order valence-electron chi connectivity index (χ4n) is 3.83. The molecule has 0 bridgehead atoms. The predicted octanol–water partition coefficient (Wildman–Crippen LogP) is 5.66. The van der Waals surface area contributed by atoms with Crippen LogP contribution in [0.3, 0.4) is 0 Å². The zero-order chi connectivity index (χ0) is 27.6. The number of primary amides is 1. The Bertz CT molecular complexity index is 1520. The average molecular weight is 540 g/mol.